The van der Waals surface area contributed by atoms with E-state index < -0.39 is 34.3 Å². The zero-order valence-electron chi connectivity index (χ0n) is 18.1. The quantitative estimate of drug-likeness (QED) is 0.534. The van der Waals surface area contributed by atoms with Gasteiger partial charge in [-0.3, -0.25) is 4.79 Å². The molecule has 3 rings (SSSR count). The Kier molecular flexibility index (Phi) is 7.74. The van der Waals surface area contributed by atoms with Gasteiger partial charge in [-0.05, 0) is 30.3 Å². The highest BCUT2D eigenvalue weighted by Crippen LogP contribution is 2.29. The first kappa shape index (κ1) is 24.3. The van der Waals surface area contributed by atoms with Crippen LogP contribution in [-0.2, 0) is 24.3 Å². The Morgan fingerprint density at radius 2 is 1.82 bits per heavy atom. The Balaban J connectivity index is 1.68. The van der Waals surface area contributed by atoms with Gasteiger partial charge in [-0.25, -0.2) is 13.2 Å². The standard InChI is InChI=1S/C21H24N2O9S/c1-29-14-3-5-17(19(11-14)30-2)22-20(25)13-32-21(26)16-12-15(4-6-18(16)24)33(27,28)23-7-9-31-10-8-23/h3-6,11-12,24H,7-10,13H2,1-2H3,(H,22,25). The molecule has 1 heterocycles. The van der Waals surface area contributed by atoms with Crippen molar-refractivity contribution in [3.63, 3.8) is 0 Å². The fourth-order valence-electron chi connectivity index (χ4n) is 3.07. The van der Waals surface area contributed by atoms with Gasteiger partial charge in [-0.1, -0.05) is 0 Å². The van der Waals surface area contributed by atoms with E-state index in [0.717, 1.165) is 12.1 Å². The first-order valence-electron chi connectivity index (χ1n) is 9.86. The van der Waals surface area contributed by atoms with Crippen molar-refractivity contribution < 1.29 is 42.1 Å². The third-order valence-electron chi connectivity index (χ3n) is 4.81. The second-order valence-electron chi connectivity index (χ2n) is 6.89. The number of hydrogen-bond acceptors (Lipinski definition) is 9. The van der Waals surface area contributed by atoms with Crippen LogP contribution in [0.2, 0.25) is 0 Å². The topological polar surface area (TPSA) is 141 Å². The molecule has 2 aromatic rings. The van der Waals surface area contributed by atoms with E-state index in [2.05, 4.69) is 5.32 Å². The maximum atomic E-state index is 12.8. The molecule has 1 aliphatic rings. The smallest absolute Gasteiger partial charge is 0.342 e. The van der Waals surface area contributed by atoms with Crippen LogP contribution in [0, 0.1) is 0 Å². The minimum atomic E-state index is -3.89. The van der Waals surface area contributed by atoms with Crippen molar-refractivity contribution in [2.45, 2.75) is 4.90 Å². The fraction of sp³-hybridized carbons (Fsp3) is 0.333. The van der Waals surface area contributed by atoms with E-state index in [1.165, 1.54) is 24.6 Å². The van der Waals surface area contributed by atoms with Gasteiger partial charge < -0.3 is 29.4 Å². The number of nitrogens with one attached hydrogen (secondary N) is 1. The van der Waals surface area contributed by atoms with E-state index in [4.69, 9.17) is 18.9 Å². The van der Waals surface area contributed by atoms with Crippen LogP contribution in [0.5, 0.6) is 17.2 Å². The average Bonchev–Trinajstić information content (AvgIpc) is 2.83. The summed E-state index contributed by atoms with van der Waals surface area (Å²) in [6, 6.07) is 8.05. The highest BCUT2D eigenvalue weighted by molar-refractivity contribution is 7.89. The number of anilines is 1. The maximum absolute atomic E-state index is 12.8. The van der Waals surface area contributed by atoms with Gasteiger partial charge in [0.25, 0.3) is 5.91 Å². The van der Waals surface area contributed by atoms with Gasteiger partial charge in [0.1, 0.15) is 22.8 Å². The van der Waals surface area contributed by atoms with Crippen LogP contribution in [0.25, 0.3) is 0 Å². The van der Waals surface area contributed by atoms with Crippen molar-refractivity contribution in [3.8, 4) is 17.2 Å². The number of nitrogens with zero attached hydrogens (tertiary/aromatic N) is 1. The van der Waals surface area contributed by atoms with Crippen LogP contribution in [0.1, 0.15) is 10.4 Å². The molecule has 0 aromatic heterocycles. The lowest BCUT2D eigenvalue weighted by molar-refractivity contribution is -0.119. The summed E-state index contributed by atoms with van der Waals surface area (Å²) >= 11 is 0. The molecule has 0 unspecified atom stereocenters. The molecule has 178 valence electrons. The predicted octanol–water partition coefficient (Wildman–Crippen LogP) is 1.23. The van der Waals surface area contributed by atoms with Crippen LogP contribution in [0.15, 0.2) is 41.3 Å². The Morgan fingerprint density at radius 3 is 2.48 bits per heavy atom. The number of esters is 1. The molecule has 0 atom stereocenters. The fourth-order valence-corrected chi connectivity index (χ4v) is 4.51. The van der Waals surface area contributed by atoms with Gasteiger partial charge in [0.05, 0.1) is 38.0 Å². The molecule has 2 N–H and O–H groups in total. The number of ether oxygens (including phenoxy) is 4. The molecule has 11 nitrogen and oxygen atoms in total. The first-order valence-corrected chi connectivity index (χ1v) is 11.3. The first-order chi connectivity index (χ1) is 15.8. The van der Waals surface area contributed by atoms with E-state index in [1.54, 1.807) is 18.2 Å². The summed E-state index contributed by atoms with van der Waals surface area (Å²) in [5, 5.41) is 12.6. The van der Waals surface area contributed by atoms with Crippen LogP contribution in [0.4, 0.5) is 5.69 Å². The SMILES string of the molecule is COc1ccc(NC(=O)COC(=O)c2cc(S(=O)(=O)N3CCOCC3)ccc2O)c(OC)c1. The van der Waals surface area contributed by atoms with E-state index in [0.29, 0.717) is 17.2 Å². The summed E-state index contributed by atoms with van der Waals surface area (Å²) in [5.74, 6) is -1.32. The van der Waals surface area contributed by atoms with E-state index in [1.807, 2.05) is 0 Å². The molecule has 0 saturated carbocycles. The summed E-state index contributed by atoms with van der Waals surface area (Å²) in [6.07, 6.45) is 0. The molecule has 0 spiro atoms. The minimum absolute atomic E-state index is 0.179. The average molecular weight is 480 g/mol. The number of sulfonamides is 1. The molecular weight excluding hydrogens is 456 g/mol. The molecule has 1 saturated heterocycles. The number of aromatic hydroxyl groups is 1. The second kappa shape index (κ2) is 10.5. The van der Waals surface area contributed by atoms with E-state index in [-0.39, 0.29) is 36.8 Å². The predicted molar refractivity (Wildman–Crippen MR) is 116 cm³/mol. The molecule has 2 aromatic carbocycles. The van der Waals surface area contributed by atoms with Crippen LogP contribution < -0.4 is 14.8 Å². The normalized spacial score (nSPS) is 14.4. The molecule has 12 heteroatoms. The maximum Gasteiger partial charge on any atom is 0.342 e. The number of methoxy groups -OCH3 is 2. The minimum Gasteiger partial charge on any atom is -0.507 e. The number of benzene rings is 2. The van der Waals surface area contributed by atoms with Gasteiger partial charge in [-0.2, -0.15) is 4.31 Å². The lowest BCUT2D eigenvalue weighted by atomic mass is 10.2. The summed E-state index contributed by atoms with van der Waals surface area (Å²) in [6.45, 7) is 0.213. The third-order valence-corrected chi connectivity index (χ3v) is 6.71. The number of rotatable bonds is 8. The number of carbonyl (C=O) groups excluding carboxylic acids is 2. The Bertz CT molecular complexity index is 1130. The number of morpholine rings is 1. The molecule has 1 aliphatic heterocycles. The summed E-state index contributed by atoms with van der Waals surface area (Å²) in [4.78, 5) is 24.5. The highest BCUT2D eigenvalue weighted by atomic mass is 32.2. The van der Waals surface area contributed by atoms with Crippen molar-refractivity contribution in [3.05, 3.63) is 42.0 Å². The Hall–Kier alpha value is -3.35. The summed E-state index contributed by atoms with van der Waals surface area (Å²) < 4.78 is 47.2. The largest absolute Gasteiger partial charge is 0.507 e. The van der Waals surface area contributed by atoms with E-state index >= 15 is 0 Å². The zero-order valence-corrected chi connectivity index (χ0v) is 18.9. The van der Waals surface area contributed by atoms with Crippen LogP contribution >= 0.6 is 0 Å². The molecule has 0 bridgehead atoms. The van der Waals surface area contributed by atoms with Gasteiger partial charge in [0.15, 0.2) is 6.61 Å². The molecule has 0 aliphatic carbocycles. The molecule has 1 fully saturated rings. The number of phenolic OH excluding ortho intramolecular Hbond substituents is 1. The second-order valence-corrected chi connectivity index (χ2v) is 8.82. The Morgan fingerprint density at radius 1 is 1.09 bits per heavy atom. The lowest BCUT2D eigenvalue weighted by Crippen LogP contribution is -2.40. The number of carbonyl (C=O) groups is 2. The van der Waals surface area contributed by atoms with Crippen molar-refractivity contribution in [2.24, 2.45) is 0 Å². The summed E-state index contributed by atoms with van der Waals surface area (Å²) in [7, 11) is -0.978. The van der Waals surface area contributed by atoms with Crippen LogP contribution in [-0.4, -0.2) is 76.8 Å². The monoisotopic (exact) mass is 480 g/mol. The molecule has 0 radical (unpaired) electrons. The van der Waals surface area contributed by atoms with Crippen LogP contribution in [0.3, 0.4) is 0 Å². The number of phenols is 1. The van der Waals surface area contributed by atoms with Gasteiger partial charge >= 0.3 is 5.97 Å². The highest BCUT2D eigenvalue weighted by Gasteiger charge is 2.28. The van der Waals surface area contributed by atoms with Crippen molar-refractivity contribution in [1.82, 2.24) is 4.31 Å². The van der Waals surface area contributed by atoms with Crippen molar-refractivity contribution in [2.75, 3.05) is 52.4 Å². The zero-order chi connectivity index (χ0) is 24.0. The van der Waals surface area contributed by atoms with Gasteiger partial charge in [0.2, 0.25) is 10.0 Å². The molecular formula is C21H24N2O9S. The number of amides is 1. The molecule has 33 heavy (non-hydrogen) atoms. The third kappa shape index (κ3) is 5.72. The number of hydrogen-bond donors (Lipinski definition) is 2. The van der Waals surface area contributed by atoms with Crippen molar-refractivity contribution >= 4 is 27.6 Å². The van der Waals surface area contributed by atoms with Crippen molar-refractivity contribution in [1.29, 1.82) is 0 Å². The molecule has 1 amide bonds. The summed E-state index contributed by atoms with van der Waals surface area (Å²) in [5.41, 5.74) is -0.0417. The Labute approximate surface area is 190 Å². The van der Waals surface area contributed by atoms with E-state index in [9.17, 15) is 23.1 Å². The van der Waals surface area contributed by atoms with Gasteiger partial charge in [-0.15, -0.1) is 0 Å². The van der Waals surface area contributed by atoms with Gasteiger partial charge in [0, 0.05) is 19.2 Å². The lowest BCUT2D eigenvalue weighted by Gasteiger charge is -2.26.